The molecule has 2 N–H and O–H groups in total. The molecule has 0 aliphatic rings. The molecule has 2 heterocycles. The molecule has 11 heavy (non-hydrogen) atoms. The molecule has 0 radical (unpaired) electrons. The molecule has 0 saturated heterocycles. The van der Waals surface area contributed by atoms with Gasteiger partial charge < -0.3 is 10.1 Å². The first-order chi connectivity index (χ1) is 5.27. The SMILES string of the molecule is Oc1cnc2[nH]cc(F)c2c1. The number of hydrogen-bond acceptors (Lipinski definition) is 2. The van der Waals surface area contributed by atoms with Crippen molar-refractivity contribution in [1.29, 1.82) is 0 Å². The molecule has 3 nitrogen and oxygen atoms in total. The third-order valence-electron chi connectivity index (χ3n) is 1.47. The molecule has 2 aromatic heterocycles. The van der Waals surface area contributed by atoms with Crippen LogP contribution in [0, 0.1) is 5.82 Å². The van der Waals surface area contributed by atoms with Crippen LogP contribution in [0.5, 0.6) is 5.75 Å². The smallest absolute Gasteiger partial charge is 0.150 e. The molecule has 2 rings (SSSR count). The van der Waals surface area contributed by atoms with Crippen LogP contribution in [0.15, 0.2) is 18.5 Å². The highest BCUT2D eigenvalue weighted by Gasteiger charge is 2.03. The quantitative estimate of drug-likeness (QED) is 0.599. The van der Waals surface area contributed by atoms with Crippen LogP contribution in [-0.4, -0.2) is 15.1 Å². The van der Waals surface area contributed by atoms with Gasteiger partial charge in [0.05, 0.1) is 11.6 Å². The van der Waals surface area contributed by atoms with Gasteiger partial charge in [0.25, 0.3) is 0 Å². The molecule has 0 aliphatic heterocycles. The summed E-state index contributed by atoms with van der Waals surface area (Å²) in [6, 6.07) is 1.33. The number of aromatic hydroxyl groups is 1. The van der Waals surface area contributed by atoms with E-state index in [2.05, 4.69) is 9.97 Å². The van der Waals surface area contributed by atoms with Crippen LogP contribution in [0.4, 0.5) is 4.39 Å². The standard InChI is InChI=1S/C7H5FN2O/c8-6-3-10-7-5(6)1-4(11)2-9-7/h1-3,11H,(H,9,10). The number of halogens is 1. The number of fused-ring (bicyclic) bond motifs is 1. The first kappa shape index (κ1) is 6.15. The summed E-state index contributed by atoms with van der Waals surface area (Å²) in [5.41, 5.74) is 0.445. The lowest BCUT2D eigenvalue weighted by Gasteiger charge is -1.89. The van der Waals surface area contributed by atoms with E-state index in [-0.39, 0.29) is 5.75 Å². The predicted octanol–water partition coefficient (Wildman–Crippen LogP) is 1.41. The molecule has 4 heteroatoms. The maximum absolute atomic E-state index is 12.7. The minimum atomic E-state index is -0.400. The van der Waals surface area contributed by atoms with Gasteiger partial charge in [0.15, 0.2) is 0 Å². The van der Waals surface area contributed by atoms with E-state index >= 15 is 0 Å². The fraction of sp³-hybridized carbons (Fsp3) is 0. The summed E-state index contributed by atoms with van der Waals surface area (Å²) >= 11 is 0. The molecule has 0 amide bonds. The Balaban J connectivity index is 2.87. The molecule has 56 valence electrons. The van der Waals surface area contributed by atoms with Gasteiger partial charge in [-0.25, -0.2) is 9.37 Å². The summed E-state index contributed by atoms with van der Waals surface area (Å²) in [7, 11) is 0. The van der Waals surface area contributed by atoms with Gasteiger partial charge >= 0.3 is 0 Å². The van der Waals surface area contributed by atoms with E-state index in [0.29, 0.717) is 11.0 Å². The molecule has 2 aromatic rings. The number of nitrogens with one attached hydrogen (secondary N) is 1. The highest BCUT2D eigenvalue weighted by atomic mass is 19.1. The van der Waals surface area contributed by atoms with Crippen molar-refractivity contribution in [3.63, 3.8) is 0 Å². The summed E-state index contributed by atoms with van der Waals surface area (Å²) in [4.78, 5) is 6.37. The van der Waals surface area contributed by atoms with Crippen LogP contribution in [-0.2, 0) is 0 Å². The van der Waals surface area contributed by atoms with Gasteiger partial charge in [-0.05, 0) is 6.07 Å². The van der Waals surface area contributed by atoms with E-state index in [0.717, 1.165) is 0 Å². The van der Waals surface area contributed by atoms with Gasteiger partial charge in [-0.1, -0.05) is 0 Å². The van der Waals surface area contributed by atoms with Crippen molar-refractivity contribution in [3.8, 4) is 5.75 Å². The van der Waals surface area contributed by atoms with Crippen molar-refractivity contribution in [2.75, 3.05) is 0 Å². The van der Waals surface area contributed by atoms with Crippen molar-refractivity contribution in [2.45, 2.75) is 0 Å². The van der Waals surface area contributed by atoms with Gasteiger partial charge in [0.2, 0.25) is 0 Å². The fourth-order valence-electron chi connectivity index (χ4n) is 0.960. The maximum Gasteiger partial charge on any atom is 0.150 e. The summed E-state index contributed by atoms with van der Waals surface area (Å²) in [5.74, 6) is -0.431. The van der Waals surface area contributed by atoms with Crippen LogP contribution in [0.25, 0.3) is 11.0 Å². The molecule has 0 bridgehead atoms. The predicted molar refractivity (Wildman–Crippen MR) is 37.7 cm³/mol. The zero-order valence-electron chi connectivity index (χ0n) is 5.50. The van der Waals surface area contributed by atoms with E-state index in [1.807, 2.05) is 0 Å². The highest BCUT2D eigenvalue weighted by molar-refractivity contribution is 5.77. The van der Waals surface area contributed by atoms with Gasteiger partial charge in [-0.2, -0.15) is 0 Å². The van der Waals surface area contributed by atoms with Crippen LogP contribution in [0.2, 0.25) is 0 Å². The Morgan fingerprint density at radius 2 is 2.36 bits per heavy atom. The van der Waals surface area contributed by atoms with Crippen molar-refractivity contribution in [3.05, 3.63) is 24.3 Å². The third kappa shape index (κ3) is 0.832. The Labute approximate surface area is 61.5 Å². The van der Waals surface area contributed by atoms with E-state index in [1.54, 1.807) is 0 Å². The second-order valence-corrected chi connectivity index (χ2v) is 2.23. The van der Waals surface area contributed by atoms with Crippen LogP contribution in [0.3, 0.4) is 0 Å². The lowest BCUT2D eigenvalue weighted by Crippen LogP contribution is -1.74. The molecule has 0 aliphatic carbocycles. The van der Waals surface area contributed by atoms with E-state index in [9.17, 15) is 4.39 Å². The number of aromatic amines is 1. The number of pyridine rings is 1. The second kappa shape index (κ2) is 1.95. The Hall–Kier alpha value is -1.58. The maximum atomic E-state index is 12.7. The van der Waals surface area contributed by atoms with Crippen molar-refractivity contribution < 1.29 is 9.50 Å². The average Bonchev–Trinajstić information content (AvgIpc) is 2.33. The first-order valence-corrected chi connectivity index (χ1v) is 3.09. The van der Waals surface area contributed by atoms with E-state index in [1.165, 1.54) is 18.5 Å². The molecular weight excluding hydrogens is 147 g/mol. The van der Waals surface area contributed by atoms with Crippen molar-refractivity contribution in [1.82, 2.24) is 9.97 Å². The van der Waals surface area contributed by atoms with Gasteiger partial charge in [-0.3, -0.25) is 0 Å². The van der Waals surface area contributed by atoms with Gasteiger partial charge in [0, 0.05) is 6.20 Å². The number of aromatic nitrogens is 2. The van der Waals surface area contributed by atoms with E-state index < -0.39 is 5.82 Å². The lowest BCUT2D eigenvalue weighted by molar-refractivity contribution is 0.473. The minimum Gasteiger partial charge on any atom is -0.506 e. The average molecular weight is 152 g/mol. The summed E-state index contributed by atoms with van der Waals surface area (Å²) in [6.45, 7) is 0. The molecule has 0 aromatic carbocycles. The Bertz CT molecular complexity index is 396. The normalized spacial score (nSPS) is 10.6. The van der Waals surface area contributed by atoms with Crippen molar-refractivity contribution >= 4 is 11.0 Å². The number of hydrogen-bond donors (Lipinski definition) is 2. The Kier molecular flexibility index (Phi) is 1.09. The Morgan fingerprint density at radius 1 is 1.55 bits per heavy atom. The summed E-state index contributed by atoms with van der Waals surface area (Å²) in [5, 5.41) is 9.24. The monoisotopic (exact) mass is 152 g/mol. The molecule has 0 unspecified atom stereocenters. The molecule has 0 spiro atoms. The van der Waals surface area contributed by atoms with Gasteiger partial charge in [0.1, 0.15) is 17.2 Å². The third-order valence-corrected chi connectivity index (χ3v) is 1.47. The zero-order chi connectivity index (χ0) is 7.84. The topological polar surface area (TPSA) is 48.9 Å². The van der Waals surface area contributed by atoms with Crippen LogP contribution < -0.4 is 0 Å². The lowest BCUT2D eigenvalue weighted by atomic mass is 10.3. The van der Waals surface area contributed by atoms with Crippen molar-refractivity contribution in [2.24, 2.45) is 0 Å². The summed E-state index contributed by atoms with van der Waals surface area (Å²) in [6.07, 6.45) is 2.47. The van der Waals surface area contributed by atoms with Gasteiger partial charge in [-0.15, -0.1) is 0 Å². The summed E-state index contributed by atoms with van der Waals surface area (Å²) < 4.78 is 12.7. The number of rotatable bonds is 0. The highest BCUT2D eigenvalue weighted by Crippen LogP contribution is 2.18. The van der Waals surface area contributed by atoms with Crippen LogP contribution >= 0.6 is 0 Å². The molecule has 0 saturated carbocycles. The number of nitrogens with zero attached hydrogens (tertiary/aromatic N) is 1. The van der Waals surface area contributed by atoms with E-state index in [4.69, 9.17) is 5.11 Å². The first-order valence-electron chi connectivity index (χ1n) is 3.09. The molecular formula is C7H5FN2O. The molecule has 0 fully saturated rings. The largest absolute Gasteiger partial charge is 0.506 e. The zero-order valence-corrected chi connectivity index (χ0v) is 5.50. The molecule has 0 atom stereocenters. The van der Waals surface area contributed by atoms with Crippen LogP contribution in [0.1, 0.15) is 0 Å². The fourth-order valence-corrected chi connectivity index (χ4v) is 0.960. The second-order valence-electron chi connectivity index (χ2n) is 2.23. The number of H-pyrrole nitrogens is 1. The Morgan fingerprint density at radius 3 is 3.18 bits per heavy atom. The minimum absolute atomic E-state index is 0.0315.